The van der Waals surface area contributed by atoms with Gasteiger partial charge in [-0.05, 0) is 25.5 Å². The van der Waals surface area contributed by atoms with Crippen LogP contribution in [0.15, 0.2) is 35.8 Å². The second kappa shape index (κ2) is 8.77. The summed E-state index contributed by atoms with van der Waals surface area (Å²) in [5, 5.41) is 7.46. The minimum absolute atomic E-state index is 0.370. The van der Waals surface area contributed by atoms with E-state index in [1.807, 2.05) is 19.1 Å². The normalized spacial score (nSPS) is 15.6. The number of rotatable bonds is 8. The van der Waals surface area contributed by atoms with Crippen LogP contribution in [-0.4, -0.2) is 41.6 Å². The van der Waals surface area contributed by atoms with E-state index < -0.39 is 6.04 Å². The second-order valence-corrected chi connectivity index (χ2v) is 6.55. The van der Waals surface area contributed by atoms with Crippen molar-refractivity contribution in [2.45, 2.75) is 39.2 Å². The average molecular weight is 386 g/mol. The molecule has 0 aliphatic carbocycles. The molecule has 0 saturated carbocycles. The first kappa shape index (κ1) is 19.7. The Labute approximate surface area is 164 Å². The third-order valence-electron chi connectivity index (χ3n) is 4.73. The largest absolute Gasteiger partial charge is 0.497 e. The summed E-state index contributed by atoms with van der Waals surface area (Å²) in [6, 6.07) is 4.97. The molecule has 0 spiro atoms. The Morgan fingerprint density at radius 1 is 1.25 bits per heavy atom. The van der Waals surface area contributed by atoms with E-state index >= 15 is 0 Å². The van der Waals surface area contributed by atoms with E-state index in [-0.39, 0.29) is 5.97 Å². The third-order valence-corrected chi connectivity index (χ3v) is 4.73. The van der Waals surface area contributed by atoms with Gasteiger partial charge in [0.15, 0.2) is 0 Å². The topological polar surface area (TPSA) is 87.5 Å². The maximum absolute atomic E-state index is 13.0. The number of fused-ring (bicyclic) bond motifs is 1. The van der Waals surface area contributed by atoms with Crippen molar-refractivity contribution in [2.75, 3.05) is 26.1 Å². The van der Waals surface area contributed by atoms with Crippen LogP contribution in [0.5, 0.6) is 11.5 Å². The van der Waals surface area contributed by atoms with Crippen molar-refractivity contribution >= 4 is 11.9 Å². The molecule has 1 atom stereocenters. The van der Waals surface area contributed by atoms with Crippen molar-refractivity contribution in [2.24, 2.45) is 0 Å². The van der Waals surface area contributed by atoms with Crippen molar-refractivity contribution in [1.82, 2.24) is 14.8 Å². The van der Waals surface area contributed by atoms with Gasteiger partial charge in [0, 0.05) is 17.3 Å². The summed E-state index contributed by atoms with van der Waals surface area (Å²) in [4.78, 5) is 17.2. The molecule has 0 amide bonds. The summed E-state index contributed by atoms with van der Waals surface area (Å²) in [7, 11) is 3.18. The second-order valence-electron chi connectivity index (χ2n) is 6.55. The first-order valence-corrected chi connectivity index (χ1v) is 9.37. The molecule has 8 nitrogen and oxygen atoms in total. The summed E-state index contributed by atoms with van der Waals surface area (Å²) < 4.78 is 18.1. The van der Waals surface area contributed by atoms with Crippen LogP contribution < -0.4 is 14.8 Å². The number of methoxy groups -OCH3 is 2. The Balaban J connectivity index is 2.01. The standard InChI is InChI=1S/C20H26N4O4/c1-5-6-7-10-28-19(25)17-13(2)23-20-21-12-22-24(20)18(17)15-9-8-14(26-3)11-16(15)27-4/h8-9,11-12,18H,5-7,10H2,1-4H3,(H,21,22,23). The van der Waals surface area contributed by atoms with Crippen LogP contribution in [0.25, 0.3) is 0 Å². The van der Waals surface area contributed by atoms with Crippen LogP contribution >= 0.6 is 0 Å². The van der Waals surface area contributed by atoms with Gasteiger partial charge >= 0.3 is 5.97 Å². The number of hydrogen-bond acceptors (Lipinski definition) is 7. The number of hydrogen-bond donors (Lipinski definition) is 1. The highest BCUT2D eigenvalue weighted by atomic mass is 16.5. The van der Waals surface area contributed by atoms with Crippen LogP contribution in [-0.2, 0) is 9.53 Å². The molecular weight excluding hydrogens is 360 g/mol. The molecule has 1 N–H and O–H groups in total. The van der Waals surface area contributed by atoms with Crippen LogP contribution in [0.1, 0.15) is 44.7 Å². The lowest BCUT2D eigenvalue weighted by atomic mass is 9.95. The quantitative estimate of drug-likeness (QED) is 0.550. The number of nitrogens with zero attached hydrogens (tertiary/aromatic N) is 3. The summed E-state index contributed by atoms with van der Waals surface area (Å²) in [6.07, 6.45) is 4.38. The minimum Gasteiger partial charge on any atom is -0.497 e. The zero-order valence-electron chi connectivity index (χ0n) is 16.7. The van der Waals surface area contributed by atoms with Gasteiger partial charge in [-0.15, -0.1) is 0 Å². The number of carbonyl (C=O) groups is 1. The molecule has 0 bridgehead atoms. The molecule has 0 saturated heterocycles. The Morgan fingerprint density at radius 3 is 2.79 bits per heavy atom. The predicted molar refractivity (Wildman–Crippen MR) is 105 cm³/mol. The fourth-order valence-corrected chi connectivity index (χ4v) is 3.28. The molecule has 3 rings (SSSR count). The number of benzene rings is 1. The molecule has 150 valence electrons. The van der Waals surface area contributed by atoms with Gasteiger partial charge in [-0.2, -0.15) is 10.1 Å². The molecule has 2 heterocycles. The lowest BCUT2D eigenvalue weighted by molar-refractivity contribution is -0.139. The third kappa shape index (κ3) is 3.81. The van der Waals surface area contributed by atoms with Crippen LogP contribution in [0.2, 0.25) is 0 Å². The van der Waals surface area contributed by atoms with Gasteiger partial charge in [0.25, 0.3) is 0 Å². The number of esters is 1. The van der Waals surface area contributed by atoms with Crippen molar-refractivity contribution in [3.8, 4) is 11.5 Å². The summed E-state index contributed by atoms with van der Waals surface area (Å²) in [5.74, 6) is 1.45. The molecule has 1 aliphatic rings. The molecule has 28 heavy (non-hydrogen) atoms. The van der Waals surface area contributed by atoms with Gasteiger partial charge in [0.05, 0.1) is 26.4 Å². The van der Waals surface area contributed by atoms with E-state index in [4.69, 9.17) is 14.2 Å². The smallest absolute Gasteiger partial charge is 0.338 e. The average Bonchev–Trinajstić information content (AvgIpc) is 3.17. The molecule has 1 aromatic heterocycles. The SMILES string of the molecule is CCCCCOC(=O)C1=C(C)Nc2ncnn2C1c1ccc(OC)cc1OC. The van der Waals surface area contributed by atoms with Gasteiger partial charge in [0.2, 0.25) is 5.95 Å². The Bertz CT molecular complexity index is 875. The van der Waals surface area contributed by atoms with Crippen molar-refractivity contribution in [3.63, 3.8) is 0 Å². The van der Waals surface area contributed by atoms with E-state index in [0.29, 0.717) is 35.3 Å². The summed E-state index contributed by atoms with van der Waals surface area (Å²) >= 11 is 0. The first-order valence-electron chi connectivity index (χ1n) is 9.37. The predicted octanol–water partition coefficient (Wildman–Crippen LogP) is 3.32. The van der Waals surface area contributed by atoms with Gasteiger partial charge < -0.3 is 19.5 Å². The highest BCUT2D eigenvalue weighted by Gasteiger charge is 2.36. The lowest BCUT2D eigenvalue weighted by Gasteiger charge is -2.29. The van der Waals surface area contributed by atoms with E-state index in [0.717, 1.165) is 24.8 Å². The molecule has 0 radical (unpaired) electrons. The number of unbranched alkanes of at least 4 members (excludes halogenated alkanes) is 2. The van der Waals surface area contributed by atoms with Crippen LogP contribution in [0, 0.1) is 0 Å². The molecule has 2 aromatic rings. The van der Waals surface area contributed by atoms with E-state index in [2.05, 4.69) is 22.3 Å². The molecule has 1 aliphatic heterocycles. The maximum Gasteiger partial charge on any atom is 0.338 e. The fraction of sp³-hybridized carbons (Fsp3) is 0.450. The van der Waals surface area contributed by atoms with Gasteiger partial charge in [-0.25, -0.2) is 9.48 Å². The zero-order chi connectivity index (χ0) is 20.1. The van der Waals surface area contributed by atoms with Gasteiger partial charge in [0.1, 0.15) is 23.9 Å². The van der Waals surface area contributed by atoms with E-state index in [1.165, 1.54) is 6.33 Å². The Morgan fingerprint density at radius 2 is 2.07 bits per heavy atom. The number of anilines is 1. The molecule has 8 heteroatoms. The van der Waals surface area contributed by atoms with Gasteiger partial charge in [-0.3, -0.25) is 0 Å². The van der Waals surface area contributed by atoms with Crippen LogP contribution in [0.4, 0.5) is 5.95 Å². The first-order chi connectivity index (χ1) is 13.6. The molecular formula is C20H26N4O4. The highest BCUT2D eigenvalue weighted by molar-refractivity contribution is 5.92. The monoisotopic (exact) mass is 386 g/mol. The van der Waals surface area contributed by atoms with Crippen LogP contribution in [0.3, 0.4) is 0 Å². The molecule has 1 aromatic carbocycles. The number of allylic oxidation sites excluding steroid dienone is 1. The van der Waals surface area contributed by atoms with E-state index in [9.17, 15) is 4.79 Å². The number of carbonyl (C=O) groups excluding carboxylic acids is 1. The Kier molecular flexibility index (Phi) is 6.18. The fourth-order valence-electron chi connectivity index (χ4n) is 3.28. The number of nitrogens with one attached hydrogen (secondary N) is 1. The summed E-state index contributed by atoms with van der Waals surface area (Å²) in [5.41, 5.74) is 1.94. The summed E-state index contributed by atoms with van der Waals surface area (Å²) in [6.45, 7) is 4.34. The lowest BCUT2D eigenvalue weighted by Crippen LogP contribution is -2.30. The zero-order valence-corrected chi connectivity index (χ0v) is 16.7. The van der Waals surface area contributed by atoms with Crippen molar-refractivity contribution in [1.29, 1.82) is 0 Å². The molecule has 1 unspecified atom stereocenters. The Hall–Kier alpha value is -3.03. The number of aromatic nitrogens is 3. The van der Waals surface area contributed by atoms with Gasteiger partial charge in [-0.1, -0.05) is 19.8 Å². The van der Waals surface area contributed by atoms with Crippen molar-refractivity contribution in [3.05, 3.63) is 41.4 Å². The maximum atomic E-state index is 13.0. The van der Waals surface area contributed by atoms with E-state index in [1.54, 1.807) is 25.0 Å². The molecule has 0 fully saturated rings. The minimum atomic E-state index is -0.515. The highest BCUT2D eigenvalue weighted by Crippen LogP contribution is 2.40. The number of ether oxygens (including phenoxy) is 3. The van der Waals surface area contributed by atoms with Crippen molar-refractivity contribution < 1.29 is 19.0 Å².